The summed E-state index contributed by atoms with van der Waals surface area (Å²) in [6.45, 7) is 0.589. The monoisotopic (exact) mass is 437 g/mol. The van der Waals surface area contributed by atoms with Gasteiger partial charge in [0.05, 0.1) is 13.2 Å². The van der Waals surface area contributed by atoms with Crippen LogP contribution in [0.25, 0.3) is 10.9 Å². The van der Waals surface area contributed by atoms with Crippen molar-refractivity contribution in [1.29, 1.82) is 5.26 Å². The Balaban J connectivity index is 1.44. The third-order valence-electron chi connectivity index (χ3n) is 6.13. The number of hydrogen-bond donors (Lipinski definition) is 4. The first-order chi connectivity index (χ1) is 15.5. The largest absolute Gasteiger partial charge is 0.496 e. The highest BCUT2D eigenvalue weighted by atomic mass is 16.5. The van der Waals surface area contributed by atoms with Gasteiger partial charge in [0.2, 0.25) is 11.8 Å². The number of nitrogens with one attached hydrogen (secondary N) is 4. The van der Waals surface area contributed by atoms with Crippen LogP contribution >= 0.6 is 0 Å². The Kier molecular flexibility index (Phi) is 6.30. The number of hydrogen-bond acceptors (Lipinski definition) is 5. The van der Waals surface area contributed by atoms with E-state index in [0.29, 0.717) is 36.7 Å². The van der Waals surface area contributed by atoms with E-state index in [-0.39, 0.29) is 18.2 Å². The molecule has 9 nitrogen and oxygen atoms in total. The standard InChI is InChI=1S/C23H27N5O4/c1-32-20-4-2-3-17-16(20)11-19(27-17)23(31)28-18(9-13-5-6-13)22(30)26-15(12-24)10-14-7-8-25-21(14)29/h2-4,11,13-15,18,27H,5-10H2,1H3,(H,25,29)(H,26,30)(H,28,31)/t14-,15?,18?/m0/s1. The second kappa shape index (κ2) is 9.30. The minimum Gasteiger partial charge on any atom is -0.496 e. The molecule has 2 fully saturated rings. The molecule has 2 unspecified atom stereocenters. The first-order valence-corrected chi connectivity index (χ1v) is 10.9. The quantitative estimate of drug-likeness (QED) is 0.472. The van der Waals surface area contributed by atoms with Gasteiger partial charge in [-0.15, -0.1) is 0 Å². The molecule has 2 aromatic rings. The van der Waals surface area contributed by atoms with E-state index in [4.69, 9.17) is 4.74 Å². The number of carbonyl (C=O) groups excluding carboxylic acids is 3. The topological polar surface area (TPSA) is 136 Å². The third-order valence-corrected chi connectivity index (χ3v) is 6.13. The zero-order valence-corrected chi connectivity index (χ0v) is 17.9. The number of methoxy groups -OCH3 is 1. The van der Waals surface area contributed by atoms with Gasteiger partial charge in [0.15, 0.2) is 0 Å². The van der Waals surface area contributed by atoms with E-state index in [1.54, 1.807) is 13.2 Å². The average Bonchev–Trinajstić information content (AvgIpc) is 3.35. The Bertz CT molecular complexity index is 1070. The summed E-state index contributed by atoms with van der Waals surface area (Å²) in [4.78, 5) is 40.8. The molecular formula is C23H27N5O4. The highest BCUT2D eigenvalue weighted by molar-refractivity contribution is 6.01. The summed E-state index contributed by atoms with van der Waals surface area (Å²) < 4.78 is 5.34. The van der Waals surface area contributed by atoms with E-state index in [1.807, 2.05) is 18.2 Å². The zero-order valence-electron chi connectivity index (χ0n) is 17.9. The molecule has 2 aliphatic rings. The summed E-state index contributed by atoms with van der Waals surface area (Å²) >= 11 is 0. The maximum atomic E-state index is 13.0. The Morgan fingerprint density at radius 2 is 2.06 bits per heavy atom. The summed E-state index contributed by atoms with van der Waals surface area (Å²) in [5.41, 5.74) is 1.09. The Labute approximate surface area is 185 Å². The van der Waals surface area contributed by atoms with Crippen molar-refractivity contribution >= 4 is 28.6 Å². The number of H-pyrrole nitrogens is 1. The Hall–Kier alpha value is -3.54. The van der Waals surface area contributed by atoms with Crippen LogP contribution in [-0.2, 0) is 9.59 Å². The van der Waals surface area contributed by atoms with Gasteiger partial charge in [-0.2, -0.15) is 5.26 Å². The predicted molar refractivity (Wildman–Crippen MR) is 117 cm³/mol. The number of nitrogens with zero attached hydrogens (tertiary/aromatic N) is 1. The molecular weight excluding hydrogens is 410 g/mol. The molecule has 1 aliphatic heterocycles. The van der Waals surface area contributed by atoms with Gasteiger partial charge in [-0.1, -0.05) is 18.9 Å². The number of rotatable bonds is 9. The minimum atomic E-state index is -0.785. The lowest BCUT2D eigenvalue weighted by molar-refractivity contribution is -0.125. The fourth-order valence-corrected chi connectivity index (χ4v) is 4.15. The van der Waals surface area contributed by atoms with E-state index in [2.05, 4.69) is 27.0 Å². The van der Waals surface area contributed by atoms with Gasteiger partial charge in [0.25, 0.3) is 5.91 Å². The number of fused-ring (bicyclic) bond motifs is 1. The summed E-state index contributed by atoms with van der Waals surface area (Å²) in [5, 5.41) is 18.6. The molecule has 0 spiro atoms. The van der Waals surface area contributed by atoms with Crippen LogP contribution in [0, 0.1) is 23.2 Å². The Morgan fingerprint density at radius 1 is 1.25 bits per heavy atom. The fourth-order valence-electron chi connectivity index (χ4n) is 4.15. The molecule has 168 valence electrons. The first-order valence-electron chi connectivity index (χ1n) is 10.9. The Morgan fingerprint density at radius 3 is 2.72 bits per heavy atom. The molecule has 3 atom stereocenters. The van der Waals surface area contributed by atoms with Crippen LogP contribution < -0.4 is 20.7 Å². The van der Waals surface area contributed by atoms with Gasteiger partial charge in [-0.25, -0.2) is 0 Å². The molecule has 4 N–H and O–H groups in total. The fraction of sp³-hybridized carbons (Fsp3) is 0.478. The van der Waals surface area contributed by atoms with Crippen LogP contribution in [0.1, 0.15) is 42.6 Å². The third kappa shape index (κ3) is 4.85. The molecule has 1 aromatic heterocycles. The number of aromatic amines is 1. The first kappa shape index (κ1) is 21.7. The van der Waals surface area contributed by atoms with Gasteiger partial charge in [0.1, 0.15) is 23.5 Å². The number of amides is 3. The van der Waals surface area contributed by atoms with Gasteiger partial charge in [-0.05, 0) is 43.4 Å². The van der Waals surface area contributed by atoms with Crippen LogP contribution in [0.5, 0.6) is 5.75 Å². The van der Waals surface area contributed by atoms with Crippen molar-refractivity contribution in [2.24, 2.45) is 11.8 Å². The van der Waals surface area contributed by atoms with Crippen LogP contribution in [0.3, 0.4) is 0 Å². The van der Waals surface area contributed by atoms with E-state index >= 15 is 0 Å². The maximum absolute atomic E-state index is 13.0. The van der Waals surface area contributed by atoms with Crippen molar-refractivity contribution in [2.75, 3.05) is 13.7 Å². The van der Waals surface area contributed by atoms with Crippen molar-refractivity contribution in [2.45, 2.75) is 44.2 Å². The van der Waals surface area contributed by atoms with Gasteiger partial charge >= 0.3 is 0 Å². The lowest BCUT2D eigenvalue weighted by atomic mass is 9.98. The average molecular weight is 438 g/mol. The van der Waals surface area contributed by atoms with Crippen molar-refractivity contribution in [3.8, 4) is 11.8 Å². The summed E-state index contributed by atoms with van der Waals surface area (Å²) in [7, 11) is 1.57. The van der Waals surface area contributed by atoms with E-state index in [0.717, 1.165) is 23.7 Å². The molecule has 0 radical (unpaired) electrons. The number of carbonyl (C=O) groups is 3. The van der Waals surface area contributed by atoms with E-state index in [9.17, 15) is 19.6 Å². The lowest BCUT2D eigenvalue weighted by Crippen LogP contribution is -2.50. The van der Waals surface area contributed by atoms with Gasteiger partial charge in [0, 0.05) is 23.4 Å². The van der Waals surface area contributed by atoms with Crippen molar-refractivity contribution in [1.82, 2.24) is 20.9 Å². The van der Waals surface area contributed by atoms with Crippen LogP contribution in [-0.4, -0.2) is 48.4 Å². The number of benzene rings is 1. The highest BCUT2D eigenvalue weighted by Crippen LogP contribution is 2.34. The number of aromatic nitrogens is 1. The summed E-state index contributed by atoms with van der Waals surface area (Å²) in [6, 6.07) is 7.73. The number of ether oxygens (including phenoxy) is 1. The molecule has 2 heterocycles. The van der Waals surface area contributed by atoms with Gasteiger partial charge in [-0.3, -0.25) is 14.4 Å². The van der Waals surface area contributed by atoms with Crippen molar-refractivity contribution < 1.29 is 19.1 Å². The molecule has 32 heavy (non-hydrogen) atoms. The lowest BCUT2D eigenvalue weighted by Gasteiger charge is -2.21. The normalized spacial score (nSPS) is 19.6. The highest BCUT2D eigenvalue weighted by Gasteiger charge is 2.33. The summed E-state index contributed by atoms with van der Waals surface area (Å²) in [6.07, 6.45) is 3.47. The smallest absolute Gasteiger partial charge is 0.268 e. The SMILES string of the molecule is COc1cccc2[nH]c(C(=O)NC(CC3CC3)C(=O)NC(C#N)C[C@@H]3CCNC3=O)cc12. The zero-order chi connectivity index (χ0) is 22.7. The van der Waals surface area contributed by atoms with Gasteiger partial charge < -0.3 is 25.7 Å². The molecule has 1 aromatic carbocycles. The van der Waals surface area contributed by atoms with Crippen molar-refractivity contribution in [3.63, 3.8) is 0 Å². The predicted octanol–water partition coefficient (Wildman–Crippen LogP) is 1.61. The molecule has 1 aliphatic carbocycles. The minimum absolute atomic E-state index is 0.0865. The molecule has 4 rings (SSSR count). The van der Waals surface area contributed by atoms with Crippen molar-refractivity contribution in [3.05, 3.63) is 30.0 Å². The second-order valence-corrected chi connectivity index (χ2v) is 8.51. The maximum Gasteiger partial charge on any atom is 0.268 e. The van der Waals surface area contributed by atoms with Crippen LogP contribution in [0.15, 0.2) is 24.3 Å². The molecule has 0 bridgehead atoms. The molecule has 3 amide bonds. The second-order valence-electron chi connectivity index (χ2n) is 8.51. The molecule has 1 saturated heterocycles. The summed E-state index contributed by atoms with van der Waals surface area (Å²) in [5.74, 6) is -0.126. The molecule has 1 saturated carbocycles. The molecule has 9 heteroatoms. The van der Waals surface area contributed by atoms with Crippen LogP contribution in [0.2, 0.25) is 0 Å². The van der Waals surface area contributed by atoms with E-state index in [1.165, 1.54) is 0 Å². The van der Waals surface area contributed by atoms with Crippen LogP contribution in [0.4, 0.5) is 0 Å². The number of nitriles is 1. The van der Waals surface area contributed by atoms with E-state index < -0.39 is 23.9 Å².